The lowest BCUT2D eigenvalue weighted by molar-refractivity contribution is -0.120. The first kappa shape index (κ1) is 23.5. The minimum absolute atomic E-state index is 0.0560. The van der Waals surface area contributed by atoms with Crippen molar-refractivity contribution >= 4 is 92.0 Å². The summed E-state index contributed by atoms with van der Waals surface area (Å²) in [7, 11) is 0. The van der Waals surface area contributed by atoms with Crippen LogP contribution in [0.15, 0.2) is 52.5 Å². The molecule has 0 unspecified atom stereocenters. The Balaban J connectivity index is 1.52. The molecule has 33 heavy (non-hydrogen) atoms. The molecule has 0 aliphatic carbocycles. The average molecular weight is 542 g/mol. The van der Waals surface area contributed by atoms with Crippen molar-refractivity contribution in [2.24, 2.45) is 0 Å². The van der Waals surface area contributed by atoms with Crippen LogP contribution in [-0.2, 0) is 9.59 Å². The van der Waals surface area contributed by atoms with Crippen LogP contribution in [0.25, 0.3) is 0 Å². The predicted molar refractivity (Wildman–Crippen MR) is 132 cm³/mol. The van der Waals surface area contributed by atoms with Gasteiger partial charge >= 0.3 is 0 Å². The van der Waals surface area contributed by atoms with Crippen LogP contribution in [0.3, 0.4) is 0 Å². The van der Waals surface area contributed by atoms with Crippen LogP contribution in [0, 0.1) is 6.92 Å². The van der Waals surface area contributed by atoms with Gasteiger partial charge in [-0.15, -0.1) is 11.3 Å². The molecule has 2 heterocycles. The Kier molecular flexibility index (Phi) is 6.65. The van der Waals surface area contributed by atoms with E-state index in [1.54, 1.807) is 24.3 Å². The van der Waals surface area contributed by atoms with Crippen LogP contribution in [0.1, 0.15) is 16.1 Å². The number of hydrogen-bond acceptors (Lipinski definition) is 6. The van der Waals surface area contributed by atoms with Gasteiger partial charge in [0.25, 0.3) is 17.7 Å². The molecule has 2 aromatic carbocycles. The second-order valence-corrected chi connectivity index (χ2v) is 9.26. The van der Waals surface area contributed by atoms with Gasteiger partial charge in [0, 0.05) is 16.6 Å². The van der Waals surface area contributed by atoms with Crippen molar-refractivity contribution in [3.63, 3.8) is 0 Å². The monoisotopic (exact) mass is 540 g/mol. The third-order valence-corrected chi connectivity index (χ3v) is 6.76. The Bertz CT molecular complexity index is 1340. The number of aromatic nitrogens is 1. The fourth-order valence-electron chi connectivity index (χ4n) is 2.94. The van der Waals surface area contributed by atoms with Crippen molar-refractivity contribution in [3.05, 3.63) is 78.8 Å². The number of imide groups is 1. The fraction of sp³-hybridized carbons (Fsp3) is 0.0476. The molecule has 1 aliphatic rings. The van der Waals surface area contributed by atoms with E-state index in [2.05, 4.69) is 15.6 Å². The molecule has 3 amide bonds. The van der Waals surface area contributed by atoms with Crippen LogP contribution in [0.5, 0.6) is 0 Å². The number of aryl methyl sites for hydroxylation is 1. The van der Waals surface area contributed by atoms with Crippen molar-refractivity contribution in [1.29, 1.82) is 0 Å². The molecular weight excluding hydrogens is 530 g/mol. The number of thiazole rings is 1. The summed E-state index contributed by atoms with van der Waals surface area (Å²) in [6, 6.07) is 8.91. The molecule has 0 saturated heterocycles. The first-order chi connectivity index (χ1) is 15.7. The standard InChI is InChI=1S/C21H12Cl4N4O3S/c1-9-8-33-21(26-9)28-18(30)10-2-4-11(5-3-10)27-17-16(25)19(31)29(20(17)32)15-7-13(23)12(22)6-14(15)24/h2-8,27H,1H3,(H,26,28,30). The summed E-state index contributed by atoms with van der Waals surface area (Å²) in [5, 5.41) is 7.90. The van der Waals surface area contributed by atoms with Gasteiger partial charge in [0.05, 0.1) is 26.4 Å². The van der Waals surface area contributed by atoms with Crippen molar-refractivity contribution in [2.75, 3.05) is 15.5 Å². The predicted octanol–water partition coefficient (Wildman–Crippen LogP) is 6.10. The molecule has 1 aliphatic heterocycles. The largest absolute Gasteiger partial charge is 0.350 e. The van der Waals surface area contributed by atoms with Crippen molar-refractivity contribution < 1.29 is 14.4 Å². The quantitative estimate of drug-likeness (QED) is 0.301. The highest BCUT2D eigenvalue weighted by Gasteiger charge is 2.40. The molecule has 0 bridgehead atoms. The molecular formula is C21H12Cl4N4O3S. The zero-order valence-electron chi connectivity index (χ0n) is 16.6. The van der Waals surface area contributed by atoms with Crippen molar-refractivity contribution in [3.8, 4) is 0 Å². The molecule has 3 aromatic rings. The lowest BCUT2D eigenvalue weighted by Crippen LogP contribution is -2.32. The number of halogens is 4. The molecule has 0 spiro atoms. The number of nitrogens with one attached hydrogen (secondary N) is 2. The van der Waals surface area contributed by atoms with Gasteiger partial charge in [-0.3, -0.25) is 19.7 Å². The van der Waals surface area contributed by atoms with Crippen LogP contribution >= 0.6 is 57.7 Å². The Hall–Kier alpha value is -2.62. The third-order valence-electron chi connectivity index (χ3n) is 4.51. The van der Waals surface area contributed by atoms with E-state index in [9.17, 15) is 14.4 Å². The number of benzene rings is 2. The maximum absolute atomic E-state index is 13.0. The second-order valence-electron chi connectivity index (χ2n) is 6.80. The van der Waals surface area contributed by atoms with Gasteiger partial charge in [0.2, 0.25) is 0 Å². The zero-order valence-corrected chi connectivity index (χ0v) is 20.4. The summed E-state index contributed by atoms with van der Waals surface area (Å²) < 4.78 is 0. The number of anilines is 3. The van der Waals surface area contributed by atoms with Crippen molar-refractivity contribution in [1.82, 2.24) is 4.98 Å². The molecule has 168 valence electrons. The van der Waals surface area contributed by atoms with Gasteiger partial charge in [-0.05, 0) is 43.3 Å². The van der Waals surface area contributed by atoms with E-state index < -0.39 is 11.8 Å². The first-order valence-corrected chi connectivity index (χ1v) is 11.6. The number of hydrogen-bond donors (Lipinski definition) is 2. The van der Waals surface area contributed by atoms with Gasteiger partial charge in [-0.25, -0.2) is 9.88 Å². The summed E-state index contributed by atoms with van der Waals surface area (Å²) in [6.07, 6.45) is 0. The lowest BCUT2D eigenvalue weighted by atomic mass is 10.2. The SMILES string of the molecule is Cc1csc(NC(=O)c2ccc(NC3=C(Cl)C(=O)N(c4cc(Cl)c(Cl)cc4Cl)C3=O)cc2)n1. The van der Waals surface area contributed by atoms with E-state index in [0.717, 1.165) is 10.6 Å². The van der Waals surface area contributed by atoms with Gasteiger partial charge in [0.15, 0.2) is 5.13 Å². The molecule has 12 heteroatoms. The Morgan fingerprint density at radius 3 is 2.27 bits per heavy atom. The summed E-state index contributed by atoms with van der Waals surface area (Å²) in [5.74, 6) is -1.81. The Morgan fingerprint density at radius 2 is 1.64 bits per heavy atom. The maximum atomic E-state index is 13.0. The minimum Gasteiger partial charge on any atom is -0.350 e. The molecule has 0 fully saturated rings. The van der Waals surface area contributed by atoms with Gasteiger partial charge in [-0.1, -0.05) is 46.4 Å². The van der Waals surface area contributed by atoms with E-state index in [1.165, 1.54) is 23.5 Å². The highest BCUT2D eigenvalue weighted by molar-refractivity contribution is 7.13. The molecule has 2 N–H and O–H groups in total. The second kappa shape index (κ2) is 9.32. The Morgan fingerprint density at radius 1 is 0.970 bits per heavy atom. The first-order valence-electron chi connectivity index (χ1n) is 9.19. The van der Waals surface area contributed by atoms with Gasteiger partial charge in [0.1, 0.15) is 10.7 Å². The van der Waals surface area contributed by atoms with Crippen molar-refractivity contribution in [2.45, 2.75) is 6.92 Å². The Labute approximate surface area is 211 Å². The summed E-state index contributed by atoms with van der Waals surface area (Å²) in [5.41, 5.74) is 1.55. The minimum atomic E-state index is -0.765. The summed E-state index contributed by atoms with van der Waals surface area (Å²) in [6.45, 7) is 1.83. The summed E-state index contributed by atoms with van der Waals surface area (Å²) >= 11 is 25.6. The highest BCUT2D eigenvalue weighted by atomic mass is 35.5. The molecule has 0 radical (unpaired) electrons. The zero-order chi connectivity index (χ0) is 23.9. The van der Waals surface area contributed by atoms with Gasteiger partial charge in [-0.2, -0.15) is 0 Å². The van der Waals surface area contributed by atoms with E-state index in [-0.39, 0.29) is 37.4 Å². The van der Waals surface area contributed by atoms with Gasteiger partial charge < -0.3 is 5.32 Å². The smallest absolute Gasteiger partial charge is 0.283 e. The van der Waals surface area contributed by atoms with Crippen LogP contribution in [-0.4, -0.2) is 22.7 Å². The normalized spacial score (nSPS) is 13.7. The average Bonchev–Trinajstić information content (AvgIpc) is 3.27. The van der Waals surface area contributed by atoms with Crippen LogP contribution < -0.4 is 15.5 Å². The molecule has 0 atom stereocenters. The number of carbonyl (C=O) groups excluding carboxylic acids is 3. The lowest BCUT2D eigenvalue weighted by Gasteiger charge is -2.17. The molecule has 4 rings (SSSR count). The number of nitrogens with zero attached hydrogens (tertiary/aromatic N) is 2. The van der Waals surface area contributed by atoms with E-state index in [1.807, 2.05) is 12.3 Å². The van der Waals surface area contributed by atoms with E-state index in [0.29, 0.717) is 16.4 Å². The topological polar surface area (TPSA) is 91.4 Å². The van der Waals surface area contributed by atoms with E-state index in [4.69, 9.17) is 46.4 Å². The van der Waals surface area contributed by atoms with E-state index >= 15 is 0 Å². The maximum Gasteiger partial charge on any atom is 0.283 e. The molecule has 1 aromatic heterocycles. The molecule has 0 saturated carbocycles. The molecule has 7 nitrogen and oxygen atoms in total. The van der Waals surface area contributed by atoms with Crippen LogP contribution in [0.2, 0.25) is 15.1 Å². The van der Waals surface area contributed by atoms with Crippen LogP contribution in [0.4, 0.5) is 16.5 Å². The third kappa shape index (κ3) is 4.71. The fourth-order valence-corrected chi connectivity index (χ4v) is 4.46. The number of amides is 3. The highest BCUT2D eigenvalue weighted by Crippen LogP contribution is 2.38. The summed E-state index contributed by atoms with van der Waals surface area (Å²) in [4.78, 5) is 43.0. The number of rotatable bonds is 5. The number of carbonyl (C=O) groups is 3.